The zero-order valence-corrected chi connectivity index (χ0v) is 12.5. The maximum absolute atomic E-state index is 10.2. The number of ether oxygens (including phenoxy) is 1. The maximum Gasteiger partial charge on any atom is 0.124 e. The Kier molecular flexibility index (Phi) is 3.74. The molecule has 2 aromatic rings. The topological polar surface area (TPSA) is 32.7 Å². The number of phenolic OH excluding ortho intramolecular Hbond substituents is 1. The van der Waals surface area contributed by atoms with Gasteiger partial charge in [-0.15, -0.1) is 0 Å². The lowest BCUT2D eigenvalue weighted by Gasteiger charge is -2.37. The minimum atomic E-state index is 0.296. The van der Waals surface area contributed by atoms with Crippen molar-refractivity contribution >= 4 is 5.69 Å². The van der Waals surface area contributed by atoms with Gasteiger partial charge in [-0.2, -0.15) is 0 Å². The first-order valence-corrected chi connectivity index (χ1v) is 7.39. The maximum atomic E-state index is 10.2. The van der Waals surface area contributed by atoms with Crippen LogP contribution in [0.15, 0.2) is 42.5 Å². The largest absolute Gasteiger partial charge is 0.507 e. The summed E-state index contributed by atoms with van der Waals surface area (Å²) < 4.78 is 5.14. The average molecular weight is 283 g/mol. The number of fused-ring (bicyclic) bond motifs is 1. The Morgan fingerprint density at radius 3 is 2.81 bits per heavy atom. The third-order valence-corrected chi connectivity index (χ3v) is 4.30. The van der Waals surface area contributed by atoms with Crippen LogP contribution in [0.5, 0.6) is 11.5 Å². The van der Waals surface area contributed by atoms with E-state index in [1.165, 1.54) is 11.3 Å². The van der Waals surface area contributed by atoms with E-state index in [2.05, 4.69) is 36.1 Å². The van der Waals surface area contributed by atoms with Crippen molar-refractivity contribution in [2.75, 3.05) is 12.0 Å². The fourth-order valence-electron chi connectivity index (χ4n) is 2.99. The van der Waals surface area contributed by atoms with Crippen LogP contribution in [0.1, 0.15) is 24.5 Å². The van der Waals surface area contributed by atoms with Crippen LogP contribution in [-0.4, -0.2) is 18.3 Å². The smallest absolute Gasteiger partial charge is 0.124 e. The standard InChI is InChI=1S/C18H21NO2/c1-13-7-8-14-5-3-4-6-17(14)19(13)12-15-9-10-16(21-2)11-18(15)20/h3-6,9-11,13,20H,7-8,12H2,1-2H3. The zero-order valence-electron chi connectivity index (χ0n) is 12.5. The van der Waals surface area contributed by atoms with E-state index in [1.807, 2.05) is 12.1 Å². The highest BCUT2D eigenvalue weighted by Crippen LogP contribution is 2.33. The number of para-hydroxylation sites is 1. The lowest BCUT2D eigenvalue weighted by atomic mass is 9.96. The molecule has 3 nitrogen and oxygen atoms in total. The van der Waals surface area contributed by atoms with Gasteiger partial charge >= 0.3 is 0 Å². The molecule has 0 saturated heterocycles. The van der Waals surface area contributed by atoms with Crippen LogP contribution >= 0.6 is 0 Å². The molecule has 0 aromatic heterocycles. The molecule has 1 aliphatic rings. The Bertz CT molecular complexity index is 639. The predicted octanol–water partition coefficient (Wildman–Crippen LogP) is 3.74. The van der Waals surface area contributed by atoms with Crippen LogP contribution in [-0.2, 0) is 13.0 Å². The van der Waals surface area contributed by atoms with Gasteiger partial charge in [-0.25, -0.2) is 0 Å². The summed E-state index contributed by atoms with van der Waals surface area (Å²) in [6.45, 7) is 2.96. The molecular formula is C18H21NO2. The molecule has 3 heteroatoms. The molecule has 0 radical (unpaired) electrons. The van der Waals surface area contributed by atoms with Crippen molar-refractivity contribution in [2.45, 2.75) is 32.4 Å². The van der Waals surface area contributed by atoms with Crippen LogP contribution in [0.4, 0.5) is 5.69 Å². The van der Waals surface area contributed by atoms with Gasteiger partial charge in [0.05, 0.1) is 7.11 Å². The van der Waals surface area contributed by atoms with E-state index in [-0.39, 0.29) is 0 Å². The summed E-state index contributed by atoms with van der Waals surface area (Å²) in [5.41, 5.74) is 3.61. The Morgan fingerprint density at radius 2 is 2.05 bits per heavy atom. The van der Waals surface area contributed by atoms with Crippen molar-refractivity contribution in [3.63, 3.8) is 0 Å². The average Bonchev–Trinajstić information content (AvgIpc) is 2.51. The van der Waals surface area contributed by atoms with E-state index in [1.54, 1.807) is 13.2 Å². The highest BCUT2D eigenvalue weighted by atomic mass is 16.5. The number of aryl methyl sites for hydroxylation is 1. The van der Waals surface area contributed by atoms with Gasteiger partial charge in [0.2, 0.25) is 0 Å². The van der Waals surface area contributed by atoms with Gasteiger partial charge in [0.25, 0.3) is 0 Å². The van der Waals surface area contributed by atoms with Gasteiger partial charge < -0.3 is 14.7 Å². The first kappa shape index (κ1) is 13.8. The third-order valence-electron chi connectivity index (χ3n) is 4.30. The first-order valence-electron chi connectivity index (χ1n) is 7.39. The Morgan fingerprint density at radius 1 is 1.24 bits per heavy atom. The van der Waals surface area contributed by atoms with E-state index in [4.69, 9.17) is 4.74 Å². The normalized spacial score (nSPS) is 17.4. The monoisotopic (exact) mass is 283 g/mol. The number of rotatable bonds is 3. The number of methoxy groups -OCH3 is 1. The lowest BCUT2D eigenvalue weighted by Crippen LogP contribution is -2.36. The second-order valence-electron chi connectivity index (χ2n) is 5.64. The molecular weight excluding hydrogens is 262 g/mol. The summed E-state index contributed by atoms with van der Waals surface area (Å²) >= 11 is 0. The van der Waals surface area contributed by atoms with Gasteiger partial charge in [0, 0.05) is 29.9 Å². The van der Waals surface area contributed by atoms with Gasteiger partial charge in [-0.1, -0.05) is 18.2 Å². The van der Waals surface area contributed by atoms with Gasteiger partial charge in [-0.05, 0) is 43.5 Å². The highest BCUT2D eigenvalue weighted by Gasteiger charge is 2.23. The number of aromatic hydroxyl groups is 1. The molecule has 2 aromatic carbocycles. The first-order chi connectivity index (χ1) is 10.2. The minimum Gasteiger partial charge on any atom is -0.507 e. The molecule has 21 heavy (non-hydrogen) atoms. The van der Waals surface area contributed by atoms with Crippen LogP contribution in [0, 0.1) is 0 Å². The molecule has 3 rings (SSSR count). The van der Waals surface area contributed by atoms with Crippen molar-refractivity contribution in [1.29, 1.82) is 0 Å². The lowest BCUT2D eigenvalue weighted by molar-refractivity contribution is 0.406. The summed E-state index contributed by atoms with van der Waals surface area (Å²) in [5, 5.41) is 10.2. The number of nitrogens with zero attached hydrogens (tertiary/aromatic N) is 1. The van der Waals surface area contributed by atoms with Crippen molar-refractivity contribution in [1.82, 2.24) is 0 Å². The van der Waals surface area contributed by atoms with E-state index in [0.29, 0.717) is 24.1 Å². The van der Waals surface area contributed by atoms with Crippen molar-refractivity contribution < 1.29 is 9.84 Å². The van der Waals surface area contributed by atoms with Crippen LogP contribution in [0.2, 0.25) is 0 Å². The summed E-state index contributed by atoms with van der Waals surface area (Å²) in [5.74, 6) is 0.980. The molecule has 1 N–H and O–H groups in total. The minimum absolute atomic E-state index is 0.296. The Balaban J connectivity index is 1.90. The fourth-order valence-corrected chi connectivity index (χ4v) is 2.99. The van der Waals surface area contributed by atoms with Crippen LogP contribution < -0.4 is 9.64 Å². The molecule has 0 fully saturated rings. The van der Waals surface area contributed by atoms with Crippen LogP contribution in [0.3, 0.4) is 0 Å². The number of anilines is 1. The van der Waals surface area contributed by atoms with E-state index in [9.17, 15) is 5.11 Å². The van der Waals surface area contributed by atoms with Gasteiger partial charge in [0.1, 0.15) is 11.5 Å². The highest BCUT2D eigenvalue weighted by molar-refractivity contribution is 5.57. The predicted molar refractivity (Wildman–Crippen MR) is 85.1 cm³/mol. The number of hydrogen-bond acceptors (Lipinski definition) is 3. The van der Waals surface area contributed by atoms with Gasteiger partial charge in [0.15, 0.2) is 0 Å². The second kappa shape index (κ2) is 5.68. The molecule has 1 unspecified atom stereocenters. The molecule has 1 aliphatic heterocycles. The SMILES string of the molecule is COc1ccc(CN2c3ccccc3CCC2C)c(O)c1. The zero-order chi connectivity index (χ0) is 14.8. The van der Waals surface area contributed by atoms with Gasteiger partial charge in [-0.3, -0.25) is 0 Å². The molecule has 0 spiro atoms. The molecule has 110 valence electrons. The molecule has 0 bridgehead atoms. The molecule has 0 amide bonds. The Labute approximate surface area is 125 Å². The number of hydrogen-bond donors (Lipinski definition) is 1. The second-order valence-corrected chi connectivity index (χ2v) is 5.64. The Hall–Kier alpha value is -2.16. The molecule has 0 saturated carbocycles. The third kappa shape index (κ3) is 2.68. The summed E-state index contributed by atoms with van der Waals surface area (Å²) in [6, 6.07) is 14.5. The summed E-state index contributed by atoms with van der Waals surface area (Å²) in [4.78, 5) is 2.38. The van der Waals surface area contributed by atoms with Crippen molar-refractivity contribution in [2.24, 2.45) is 0 Å². The van der Waals surface area contributed by atoms with Crippen molar-refractivity contribution in [3.05, 3.63) is 53.6 Å². The molecule has 1 heterocycles. The van der Waals surface area contributed by atoms with E-state index >= 15 is 0 Å². The summed E-state index contributed by atoms with van der Waals surface area (Å²) in [7, 11) is 1.61. The fraction of sp³-hybridized carbons (Fsp3) is 0.333. The van der Waals surface area contributed by atoms with Crippen LogP contribution in [0.25, 0.3) is 0 Å². The summed E-state index contributed by atoms with van der Waals surface area (Å²) in [6.07, 6.45) is 2.27. The van der Waals surface area contributed by atoms with E-state index < -0.39 is 0 Å². The number of phenols is 1. The molecule has 1 atom stereocenters. The molecule has 0 aliphatic carbocycles. The van der Waals surface area contributed by atoms with E-state index in [0.717, 1.165) is 18.4 Å². The van der Waals surface area contributed by atoms with Crippen molar-refractivity contribution in [3.8, 4) is 11.5 Å². The quantitative estimate of drug-likeness (QED) is 0.931. The number of benzene rings is 2.